The van der Waals surface area contributed by atoms with E-state index in [4.69, 9.17) is 0 Å². The molecule has 0 saturated carbocycles. The summed E-state index contributed by atoms with van der Waals surface area (Å²) in [7, 11) is 0. The molecule has 1 amide bonds. The summed E-state index contributed by atoms with van der Waals surface area (Å²) in [6.07, 6.45) is 4.37. The Bertz CT molecular complexity index is 198. The van der Waals surface area contributed by atoms with Gasteiger partial charge in [-0.1, -0.05) is 13.8 Å². The molecule has 0 aromatic carbocycles. The first kappa shape index (κ1) is 12.5. The normalized spacial score (nSPS) is 23.1. The third-order valence-electron chi connectivity index (χ3n) is 2.94. The van der Waals surface area contributed by atoms with Crippen molar-refractivity contribution in [2.75, 3.05) is 6.54 Å². The van der Waals surface area contributed by atoms with Gasteiger partial charge >= 0.3 is 0 Å². The van der Waals surface area contributed by atoms with Crippen LogP contribution in [0.4, 0.5) is 0 Å². The highest BCUT2D eigenvalue weighted by molar-refractivity contribution is 5.82. The monoisotopic (exact) mass is 212 g/mol. The zero-order chi connectivity index (χ0) is 11.3. The zero-order valence-electron chi connectivity index (χ0n) is 10.2. The molecular formula is C12H24N2O. The van der Waals surface area contributed by atoms with E-state index in [1.807, 2.05) is 0 Å². The fraction of sp³-hybridized carbons (Fsp3) is 0.917. The van der Waals surface area contributed by atoms with Crippen LogP contribution in [0.2, 0.25) is 0 Å². The zero-order valence-corrected chi connectivity index (χ0v) is 10.2. The smallest absolute Gasteiger partial charge is 0.237 e. The quantitative estimate of drug-likeness (QED) is 0.728. The summed E-state index contributed by atoms with van der Waals surface area (Å²) in [5, 5.41) is 6.29. The highest BCUT2D eigenvalue weighted by Crippen LogP contribution is 2.08. The van der Waals surface area contributed by atoms with Gasteiger partial charge in [0.15, 0.2) is 0 Å². The van der Waals surface area contributed by atoms with E-state index in [2.05, 4.69) is 31.4 Å². The van der Waals surface area contributed by atoms with Gasteiger partial charge in [-0.25, -0.2) is 0 Å². The van der Waals surface area contributed by atoms with Gasteiger partial charge in [-0.3, -0.25) is 4.79 Å². The van der Waals surface area contributed by atoms with Gasteiger partial charge in [-0.2, -0.15) is 0 Å². The number of nitrogens with one attached hydrogen (secondary N) is 2. The highest BCUT2D eigenvalue weighted by atomic mass is 16.2. The van der Waals surface area contributed by atoms with Crippen LogP contribution in [0, 0.1) is 5.92 Å². The molecule has 3 nitrogen and oxygen atoms in total. The minimum absolute atomic E-state index is 0.0616. The van der Waals surface area contributed by atoms with Crippen LogP contribution >= 0.6 is 0 Å². The Kier molecular flexibility index (Phi) is 5.09. The maximum Gasteiger partial charge on any atom is 0.237 e. The summed E-state index contributed by atoms with van der Waals surface area (Å²) in [4.78, 5) is 11.7. The van der Waals surface area contributed by atoms with E-state index in [-0.39, 0.29) is 11.9 Å². The first-order valence-corrected chi connectivity index (χ1v) is 6.13. The van der Waals surface area contributed by atoms with Gasteiger partial charge in [0.2, 0.25) is 5.91 Å². The first-order valence-electron chi connectivity index (χ1n) is 6.13. The summed E-state index contributed by atoms with van der Waals surface area (Å²) in [5.41, 5.74) is 0. The van der Waals surface area contributed by atoms with E-state index < -0.39 is 0 Å². The van der Waals surface area contributed by atoms with Crippen molar-refractivity contribution >= 4 is 5.91 Å². The van der Waals surface area contributed by atoms with Crippen LogP contribution in [0.1, 0.15) is 46.5 Å². The van der Waals surface area contributed by atoms with Gasteiger partial charge in [0.05, 0.1) is 6.04 Å². The molecule has 1 aliphatic heterocycles. The SMILES string of the molecule is CC(C)CCC(C)NC(=O)C1CCCN1. The molecule has 1 rings (SSSR count). The lowest BCUT2D eigenvalue weighted by Gasteiger charge is -2.17. The van der Waals surface area contributed by atoms with Gasteiger partial charge in [0.25, 0.3) is 0 Å². The Morgan fingerprint density at radius 3 is 2.67 bits per heavy atom. The lowest BCUT2D eigenvalue weighted by Crippen LogP contribution is -2.44. The molecule has 0 aliphatic carbocycles. The molecule has 1 heterocycles. The second kappa shape index (κ2) is 6.11. The van der Waals surface area contributed by atoms with E-state index in [0.717, 1.165) is 25.8 Å². The molecule has 0 spiro atoms. The van der Waals surface area contributed by atoms with Crippen molar-refractivity contribution in [1.29, 1.82) is 0 Å². The summed E-state index contributed by atoms with van der Waals surface area (Å²) >= 11 is 0. The van der Waals surface area contributed by atoms with Crippen molar-refractivity contribution in [2.24, 2.45) is 5.92 Å². The summed E-state index contributed by atoms with van der Waals surface area (Å²) in [6, 6.07) is 0.369. The predicted octanol–water partition coefficient (Wildman–Crippen LogP) is 1.68. The largest absolute Gasteiger partial charge is 0.352 e. The van der Waals surface area contributed by atoms with Gasteiger partial charge in [-0.05, 0) is 45.1 Å². The molecule has 2 N–H and O–H groups in total. The van der Waals surface area contributed by atoms with Crippen molar-refractivity contribution in [3.63, 3.8) is 0 Å². The van der Waals surface area contributed by atoms with E-state index in [0.29, 0.717) is 12.0 Å². The number of rotatable bonds is 5. The van der Waals surface area contributed by atoms with Gasteiger partial charge in [0.1, 0.15) is 0 Å². The van der Waals surface area contributed by atoms with Crippen LogP contribution < -0.4 is 10.6 Å². The molecular weight excluding hydrogens is 188 g/mol. The van der Waals surface area contributed by atoms with Crippen LogP contribution in [0.25, 0.3) is 0 Å². The summed E-state index contributed by atoms with van der Waals surface area (Å²) in [5.74, 6) is 0.901. The Hall–Kier alpha value is -0.570. The number of hydrogen-bond acceptors (Lipinski definition) is 2. The molecule has 0 aromatic rings. The van der Waals surface area contributed by atoms with Crippen LogP contribution in [0.15, 0.2) is 0 Å². The molecule has 88 valence electrons. The van der Waals surface area contributed by atoms with Crippen molar-refractivity contribution in [3.05, 3.63) is 0 Å². The molecule has 3 heteroatoms. The predicted molar refractivity (Wildman–Crippen MR) is 62.7 cm³/mol. The van der Waals surface area contributed by atoms with Crippen molar-refractivity contribution in [2.45, 2.75) is 58.5 Å². The summed E-state index contributed by atoms with van der Waals surface area (Å²) in [6.45, 7) is 7.51. The molecule has 0 aromatic heterocycles. The minimum atomic E-state index is 0.0616. The van der Waals surface area contributed by atoms with Crippen molar-refractivity contribution < 1.29 is 4.79 Å². The fourth-order valence-corrected chi connectivity index (χ4v) is 1.91. The third kappa shape index (κ3) is 4.65. The van der Waals surface area contributed by atoms with Crippen LogP contribution in [0.3, 0.4) is 0 Å². The molecule has 0 bridgehead atoms. The van der Waals surface area contributed by atoms with E-state index in [1.54, 1.807) is 0 Å². The summed E-state index contributed by atoms with van der Waals surface area (Å²) < 4.78 is 0. The molecule has 1 aliphatic rings. The molecule has 15 heavy (non-hydrogen) atoms. The molecule has 0 radical (unpaired) electrons. The average molecular weight is 212 g/mol. The lowest BCUT2D eigenvalue weighted by atomic mass is 10.0. The Balaban J connectivity index is 2.18. The van der Waals surface area contributed by atoms with Crippen molar-refractivity contribution in [1.82, 2.24) is 10.6 Å². The third-order valence-corrected chi connectivity index (χ3v) is 2.94. The number of hydrogen-bond donors (Lipinski definition) is 2. The molecule has 1 saturated heterocycles. The van der Waals surface area contributed by atoms with Gasteiger partial charge in [0, 0.05) is 6.04 Å². The van der Waals surface area contributed by atoms with E-state index in [1.165, 1.54) is 6.42 Å². The van der Waals surface area contributed by atoms with Crippen molar-refractivity contribution in [3.8, 4) is 0 Å². The first-order chi connectivity index (χ1) is 7.09. The number of carbonyl (C=O) groups is 1. The Morgan fingerprint density at radius 2 is 2.13 bits per heavy atom. The van der Waals surface area contributed by atoms with Crippen LogP contribution in [-0.2, 0) is 4.79 Å². The number of amides is 1. The maximum absolute atomic E-state index is 11.7. The van der Waals surface area contributed by atoms with Gasteiger partial charge < -0.3 is 10.6 Å². The van der Waals surface area contributed by atoms with Gasteiger partial charge in [-0.15, -0.1) is 0 Å². The standard InChI is InChI=1S/C12H24N2O/c1-9(2)6-7-10(3)14-12(15)11-5-4-8-13-11/h9-11,13H,4-8H2,1-3H3,(H,14,15). The fourth-order valence-electron chi connectivity index (χ4n) is 1.91. The highest BCUT2D eigenvalue weighted by Gasteiger charge is 2.22. The van der Waals surface area contributed by atoms with E-state index >= 15 is 0 Å². The topological polar surface area (TPSA) is 41.1 Å². The van der Waals surface area contributed by atoms with Crippen LogP contribution in [-0.4, -0.2) is 24.5 Å². The second-order valence-corrected chi connectivity index (χ2v) is 5.03. The van der Waals surface area contributed by atoms with E-state index in [9.17, 15) is 4.79 Å². The van der Waals surface area contributed by atoms with Crippen LogP contribution in [0.5, 0.6) is 0 Å². The average Bonchev–Trinajstić information content (AvgIpc) is 2.67. The lowest BCUT2D eigenvalue weighted by molar-refractivity contribution is -0.123. The number of carbonyl (C=O) groups excluding carboxylic acids is 1. The molecule has 2 unspecified atom stereocenters. The minimum Gasteiger partial charge on any atom is -0.352 e. The maximum atomic E-state index is 11.7. The molecule has 1 fully saturated rings. The Labute approximate surface area is 93.0 Å². The Morgan fingerprint density at radius 1 is 1.40 bits per heavy atom. The second-order valence-electron chi connectivity index (χ2n) is 5.03. The molecule has 2 atom stereocenters.